The Balaban J connectivity index is 1.99. The number of hydrogen-bond donors (Lipinski definition) is 1. The van der Waals surface area contributed by atoms with Gasteiger partial charge in [0.1, 0.15) is 0 Å². The molecule has 1 N–H and O–H groups in total. The van der Waals surface area contributed by atoms with Gasteiger partial charge < -0.3 is 10.2 Å². The van der Waals surface area contributed by atoms with Gasteiger partial charge >= 0.3 is 0 Å². The summed E-state index contributed by atoms with van der Waals surface area (Å²) in [5, 5.41) is 3.59. The molecule has 3 atom stereocenters. The topological polar surface area (TPSA) is 18.5 Å². The molecule has 0 amide bonds. The lowest BCUT2D eigenvalue weighted by Gasteiger charge is -2.48. The predicted octanol–water partition coefficient (Wildman–Crippen LogP) is 2.43. The Bertz CT molecular complexity index is 289. The Morgan fingerprint density at radius 1 is 1.05 bits per heavy atom. The van der Waals surface area contributed by atoms with Crippen molar-refractivity contribution in [2.45, 2.75) is 59.0 Å². The van der Waals surface area contributed by atoms with Crippen LogP contribution in [0.4, 0.5) is 0 Å². The van der Waals surface area contributed by atoms with Crippen molar-refractivity contribution in [2.24, 2.45) is 11.3 Å². The van der Waals surface area contributed by atoms with Crippen LogP contribution >= 0.6 is 0 Å². The van der Waals surface area contributed by atoms with Crippen molar-refractivity contribution in [3.8, 4) is 0 Å². The molecule has 1 heterocycles. The van der Waals surface area contributed by atoms with Crippen molar-refractivity contribution in [3.05, 3.63) is 0 Å². The fourth-order valence-corrected chi connectivity index (χ4v) is 4.08. The largest absolute Gasteiger partial charge is 0.315 e. The van der Waals surface area contributed by atoms with E-state index in [0.717, 1.165) is 12.0 Å². The van der Waals surface area contributed by atoms with Gasteiger partial charge in [-0.25, -0.2) is 0 Å². The maximum absolute atomic E-state index is 3.59. The van der Waals surface area contributed by atoms with Gasteiger partial charge in [0, 0.05) is 38.3 Å². The fraction of sp³-hybridized carbons (Fsp3) is 1.00. The van der Waals surface area contributed by atoms with Crippen LogP contribution in [-0.4, -0.2) is 61.7 Å². The van der Waals surface area contributed by atoms with E-state index in [1.807, 2.05) is 0 Å². The number of rotatable bonds is 3. The fourth-order valence-electron chi connectivity index (χ4n) is 4.08. The maximum atomic E-state index is 3.59. The number of nitrogens with zero attached hydrogens (tertiary/aromatic N) is 2. The molecule has 1 aliphatic heterocycles. The van der Waals surface area contributed by atoms with E-state index < -0.39 is 0 Å². The third-order valence-corrected chi connectivity index (χ3v) is 5.74. The third kappa shape index (κ3) is 3.75. The zero-order valence-electron chi connectivity index (χ0n) is 14.3. The number of likely N-dealkylation sites (N-methyl/N-ethyl adjacent to an activating group) is 2. The summed E-state index contributed by atoms with van der Waals surface area (Å²) in [4.78, 5) is 5.35. The van der Waals surface area contributed by atoms with E-state index in [9.17, 15) is 0 Å². The summed E-state index contributed by atoms with van der Waals surface area (Å²) in [5.41, 5.74) is 0.461. The van der Waals surface area contributed by atoms with Crippen LogP contribution in [-0.2, 0) is 0 Å². The Hall–Kier alpha value is -0.120. The molecule has 3 heteroatoms. The third-order valence-electron chi connectivity index (χ3n) is 5.74. The summed E-state index contributed by atoms with van der Waals surface area (Å²) in [5.74, 6) is 0.876. The summed E-state index contributed by atoms with van der Waals surface area (Å²) in [6, 6.07) is 1.44. The maximum Gasteiger partial charge on any atom is 0.0253 e. The zero-order valence-corrected chi connectivity index (χ0v) is 14.3. The van der Waals surface area contributed by atoms with Crippen LogP contribution in [0.2, 0.25) is 0 Å². The smallest absolute Gasteiger partial charge is 0.0253 e. The molecule has 20 heavy (non-hydrogen) atoms. The first-order valence-electron chi connectivity index (χ1n) is 8.59. The average molecular weight is 281 g/mol. The van der Waals surface area contributed by atoms with Crippen molar-refractivity contribution in [2.75, 3.05) is 39.8 Å². The lowest BCUT2D eigenvalue weighted by molar-refractivity contribution is 0.0294. The van der Waals surface area contributed by atoms with Gasteiger partial charge in [0.05, 0.1) is 0 Å². The van der Waals surface area contributed by atoms with Gasteiger partial charge in [0.25, 0.3) is 0 Å². The second-order valence-electron chi connectivity index (χ2n) is 7.81. The van der Waals surface area contributed by atoms with Crippen molar-refractivity contribution in [3.63, 3.8) is 0 Å². The molecule has 1 saturated heterocycles. The highest BCUT2D eigenvalue weighted by Gasteiger charge is 2.38. The van der Waals surface area contributed by atoms with Crippen LogP contribution in [0, 0.1) is 11.3 Å². The zero-order chi connectivity index (χ0) is 14.8. The van der Waals surface area contributed by atoms with Crippen LogP contribution in [0.5, 0.6) is 0 Å². The van der Waals surface area contributed by atoms with Gasteiger partial charge in [-0.15, -0.1) is 0 Å². The van der Waals surface area contributed by atoms with Gasteiger partial charge in [-0.1, -0.05) is 27.7 Å². The van der Waals surface area contributed by atoms with E-state index in [1.165, 1.54) is 52.0 Å². The minimum atomic E-state index is 0.461. The second-order valence-corrected chi connectivity index (χ2v) is 7.81. The molecule has 0 radical (unpaired) electrons. The van der Waals surface area contributed by atoms with E-state index in [-0.39, 0.29) is 0 Å². The molecule has 0 spiro atoms. The number of hydrogen-bond acceptors (Lipinski definition) is 3. The Labute approximate surface area is 126 Å². The van der Waals surface area contributed by atoms with Gasteiger partial charge in [0.2, 0.25) is 0 Å². The summed E-state index contributed by atoms with van der Waals surface area (Å²) >= 11 is 0. The molecule has 2 fully saturated rings. The first-order valence-corrected chi connectivity index (χ1v) is 8.59. The highest BCUT2D eigenvalue weighted by Crippen LogP contribution is 2.39. The Kier molecular flexibility index (Phi) is 5.49. The molecule has 1 aliphatic carbocycles. The molecule has 1 saturated carbocycles. The Morgan fingerprint density at radius 2 is 1.70 bits per heavy atom. The quantitative estimate of drug-likeness (QED) is 0.857. The molecule has 118 valence electrons. The summed E-state index contributed by atoms with van der Waals surface area (Å²) in [7, 11) is 2.15. The molecule has 3 unspecified atom stereocenters. The van der Waals surface area contributed by atoms with Crippen molar-refractivity contribution in [1.82, 2.24) is 15.1 Å². The molecule has 0 aromatic heterocycles. The first-order chi connectivity index (χ1) is 9.45. The predicted molar refractivity (Wildman–Crippen MR) is 87.1 cm³/mol. The normalized spacial score (nSPS) is 34.4. The van der Waals surface area contributed by atoms with E-state index >= 15 is 0 Å². The highest BCUT2D eigenvalue weighted by atomic mass is 15.3. The lowest BCUT2D eigenvalue weighted by Crippen LogP contribution is -2.58. The second kappa shape index (κ2) is 6.76. The lowest BCUT2D eigenvalue weighted by atomic mass is 9.69. The number of piperazine rings is 1. The van der Waals surface area contributed by atoms with Crippen LogP contribution in [0.25, 0.3) is 0 Å². The average Bonchev–Trinajstić information content (AvgIpc) is 2.45. The molecule has 2 rings (SSSR count). The van der Waals surface area contributed by atoms with Crippen LogP contribution < -0.4 is 5.32 Å². The van der Waals surface area contributed by atoms with Gasteiger partial charge in [-0.05, 0) is 44.2 Å². The monoisotopic (exact) mass is 281 g/mol. The van der Waals surface area contributed by atoms with E-state index in [2.05, 4.69) is 49.9 Å². The summed E-state index contributed by atoms with van der Waals surface area (Å²) in [6.45, 7) is 15.8. The summed E-state index contributed by atoms with van der Waals surface area (Å²) < 4.78 is 0. The standard InChI is InChI=1S/C17H35N3/c1-6-19-9-11-20(12-10-19)16-13-14(17(2,3)4)7-8-15(16)18-5/h14-16,18H,6-13H2,1-5H3. The van der Waals surface area contributed by atoms with E-state index in [1.54, 1.807) is 0 Å². The van der Waals surface area contributed by atoms with Crippen molar-refractivity contribution in [1.29, 1.82) is 0 Å². The van der Waals surface area contributed by atoms with Gasteiger partial charge in [0.15, 0.2) is 0 Å². The van der Waals surface area contributed by atoms with E-state index in [4.69, 9.17) is 0 Å². The Morgan fingerprint density at radius 3 is 2.20 bits per heavy atom. The summed E-state index contributed by atoms with van der Waals surface area (Å²) in [6.07, 6.45) is 4.11. The van der Waals surface area contributed by atoms with Crippen LogP contribution in [0.3, 0.4) is 0 Å². The molecular formula is C17H35N3. The minimum Gasteiger partial charge on any atom is -0.315 e. The van der Waals surface area contributed by atoms with Gasteiger partial charge in [-0.3, -0.25) is 4.90 Å². The minimum absolute atomic E-state index is 0.461. The number of nitrogens with one attached hydrogen (secondary N) is 1. The van der Waals surface area contributed by atoms with Crippen molar-refractivity contribution < 1.29 is 0 Å². The molecule has 2 aliphatic rings. The van der Waals surface area contributed by atoms with Gasteiger partial charge in [-0.2, -0.15) is 0 Å². The molecule has 3 nitrogen and oxygen atoms in total. The van der Waals surface area contributed by atoms with Crippen molar-refractivity contribution >= 4 is 0 Å². The molecule has 0 bridgehead atoms. The highest BCUT2D eigenvalue weighted by molar-refractivity contribution is 4.94. The van der Waals surface area contributed by atoms with Crippen LogP contribution in [0.1, 0.15) is 47.0 Å². The van der Waals surface area contributed by atoms with Crippen LogP contribution in [0.15, 0.2) is 0 Å². The van der Waals surface area contributed by atoms with E-state index in [0.29, 0.717) is 11.5 Å². The molecular weight excluding hydrogens is 246 g/mol. The molecule has 0 aromatic rings. The molecule has 0 aromatic carbocycles. The first kappa shape index (κ1) is 16.3. The SMILES string of the molecule is CCN1CCN(C2CC(C(C)(C)C)CCC2NC)CC1.